The number of carbonyl (C=O) groups excluding carboxylic acids is 1. The van der Waals surface area contributed by atoms with Crippen molar-refractivity contribution < 1.29 is 9.53 Å². The zero-order chi connectivity index (χ0) is 15.6. The Morgan fingerprint density at radius 1 is 1.30 bits per heavy atom. The molecule has 1 N–H and O–H groups in total. The number of ether oxygens (including phenoxy) is 1. The highest BCUT2D eigenvalue weighted by molar-refractivity contribution is 5.77. The van der Waals surface area contributed by atoms with E-state index in [1.54, 1.807) is 0 Å². The van der Waals surface area contributed by atoms with Gasteiger partial charge in [0.2, 0.25) is 5.91 Å². The van der Waals surface area contributed by atoms with Gasteiger partial charge in [-0.2, -0.15) is 0 Å². The zero-order valence-electron chi connectivity index (χ0n) is 13.3. The van der Waals surface area contributed by atoms with E-state index in [1.807, 2.05) is 23.1 Å². The average molecular weight is 313 g/mol. The largest absolute Gasteiger partial charge is 0.378 e. The predicted molar refractivity (Wildman–Crippen MR) is 88.2 cm³/mol. The van der Waals surface area contributed by atoms with Crippen LogP contribution < -0.4 is 0 Å². The number of imidazole rings is 1. The van der Waals surface area contributed by atoms with Crippen LogP contribution in [0.4, 0.5) is 0 Å². The summed E-state index contributed by atoms with van der Waals surface area (Å²) < 4.78 is 5.60. The first-order chi connectivity index (χ1) is 11.3. The molecule has 2 aliphatic rings. The fraction of sp³-hybridized carbons (Fsp3) is 0.556. The lowest BCUT2D eigenvalue weighted by molar-refractivity contribution is -0.134. The van der Waals surface area contributed by atoms with Gasteiger partial charge in [0.25, 0.3) is 0 Å². The number of piperidine rings is 1. The molecule has 0 saturated carbocycles. The Kier molecular flexibility index (Phi) is 4.04. The highest BCUT2D eigenvalue weighted by atomic mass is 16.5. The second-order valence-corrected chi connectivity index (χ2v) is 6.66. The summed E-state index contributed by atoms with van der Waals surface area (Å²) in [5, 5.41) is 0. The molecular weight excluding hydrogens is 290 g/mol. The van der Waals surface area contributed by atoms with Crippen LogP contribution >= 0.6 is 0 Å². The fourth-order valence-corrected chi connectivity index (χ4v) is 3.72. The van der Waals surface area contributed by atoms with Gasteiger partial charge in [0, 0.05) is 25.6 Å². The monoisotopic (exact) mass is 313 g/mol. The smallest absolute Gasteiger partial charge is 0.225 e. The summed E-state index contributed by atoms with van der Waals surface area (Å²) in [6.45, 7) is 2.44. The van der Waals surface area contributed by atoms with E-state index >= 15 is 0 Å². The Hall–Kier alpha value is -1.88. The number of rotatable bonds is 3. The molecule has 4 rings (SSSR count). The van der Waals surface area contributed by atoms with Gasteiger partial charge in [0.1, 0.15) is 5.82 Å². The third-order valence-corrected chi connectivity index (χ3v) is 4.99. The number of nitrogens with one attached hydrogen (secondary N) is 1. The number of aromatic nitrogens is 2. The van der Waals surface area contributed by atoms with Crippen LogP contribution in [-0.2, 0) is 9.53 Å². The summed E-state index contributed by atoms with van der Waals surface area (Å²) in [7, 11) is 0. The molecule has 1 aromatic heterocycles. The van der Waals surface area contributed by atoms with E-state index < -0.39 is 0 Å². The van der Waals surface area contributed by atoms with Crippen molar-refractivity contribution in [2.24, 2.45) is 0 Å². The number of hydrogen-bond acceptors (Lipinski definition) is 3. The Labute approximate surface area is 136 Å². The molecule has 2 atom stereocenters. The Morgan fingerprint density at radius 3 is 3.04 bits per heavy atom. The van der Waals surface area contributed by atoms with Crippen molar-refractivity contribution in [2.45, 2.75) is 44.1 Å². The van der Waals surface area contributed by atoms with Crippen molar-refractivity contribution in [3.8, 4) is 0 Å². The number of hydrogen-bond donors (Lipinski definition) is 1. The Balaban J connectivity index is 1.44. The molecule has 2 unspecified atom stereocenters. The van der Waals surface area contributed by atoms with E-state index in [0.29, 0.717) is 12.3 Å². The van der Waals surface area contributed by atoms with Crippen LogP contribution in [0.25, 0.3) is 11.0 Å². The molecule has 122 valence electrons. The molecule has 3 heterocycles. The first kappa shape index (κ1) is 14.7. The lowest BCUT2D eigenvalue weighted by atomic mass is 9.97. The van der Waals surface area contributed by atoms with Crippen molar-refractivity contribution >= 4 is 16.9 Å². The van der Waals surface area contributed by atoms with Gasteiger partial charge in [-0.25, -0.2) is 4.98 Å². The highest BCUT2D eigenvalue weighted by Gasteiger charge is 2.29. The number of para-hydroxylation sites is 2. The normalized spacial score (nSPS) is 25.1. The van der Waals surface area contributed by atoms with Gasteiger partial charge in [-0.1, -0.05) is 12.1 Å². The lowest BCUT2D eigenvalue weighted by Gasteiger charge is -2.32. The Bertz CT molecular complexity index is 657. The Morgan fingerprint density at radius 2 is 2.22 bits per heavy atom. The molecule has 23 heavy (non-hydrogen) atoms. The standard InChI is InChI=1S/C18H23N3O2/c22-17(11-14-6-4-10-23-14)21-9-3-5-13(12-21)18-19-15-7-1-2-8-16(15)20-18/h1-2,7-8,13-14H,3-6,9-12H2,(H,19,20). The summed E-state index contributed by atoms with van der Waals surface area (Å²) in [6, 6.07) is 8.10. The van der Waals surface area contributed by atoms with Gasteiger partial charge in [0.05, 0.1) is 23.6 Å². The van der Waals surface area contributed by atoms with Crippen LogP contribution in [0.15, 0.2) is 24.3 Å². The molecule has 5 heteroatoms. The molecule has 5 nitrogen and oxygen atoms in total. The van der Waals surface area contributed by atoms with Gasteiger partial charge >= 0.3 is 0 Å². The molecule has 2 aliphatic heterocycles. The van der Waals surface area contributed by atoms with Gasteiger partial charge in [-0.05, 0) is 37.8 Å². The number of aromatic amines is 1. The van der Waals surface area contributed by atoms with Crippen molar-refractivity contribution in [1.82, 2.24) is 14.9 Å². The number of nitrogens with zero attached hydrogens (tertiary/aromatic N) is 2. The average Bonchev–Trinajstić information content (AvgIpc) is 3.24. The SMILES string of the molecule is O=C(CC1CCCO1)N1CCCC(c2nc3ccccc3[nH]2)C1. The molecule has 1 amide bonds. The van der Waals surface area contributed by atoms with Gasteiger partial charge in [-0.15, -0.1) is 0 Å². The van der Waals surface area contributed by atoms with Crippen LogP contribution in [0.1, 0.15) is 43.8 Å². The van der Waals surface area contributed by atoms with E-state index in [2.05, 4.69) is 11.1 Å². The second kappa shape index (κ2) is 6.32. The van der Waals surface area contributed by atoms with Crippen molar-refractivity contribution in [1.29, 1.82) is 0 Å². The number of fused-ring (bicyclic) bond motifs is 1. The molecular formula is C18H23N3O2. The highest BCUT2D eigenvalue weighted by Crippen LogP contribution is 2.27. The summed E-state index contributed by atoms with van der Waals surface area (Å²) in [5.74, 6) is 1.56. The summed E-state index contributed by atoms with van der Waals surface area (Å²) in [6.07, 6.45) is 4.90. The molecule has 0 radical (unpaired) electrons. The van der Waals surface area contributed by atoms with E-state index in [1.165, 1.54) is 0 Å². The zero-order valence-corrected chi connectivity index (χ0v) is 13.3. The number of carbonyl (C=O) groups is 1. The van der Waals surface area contributed by atoms with E-state index in [4.69, 9.17) is 9.72 Å². The van der Waals surface area contributed by atoms with Crippen LogP contribution in [0.3, 0.4) is 0 Å². The summed E-state index contributed by atoms with van der Waals surface area (Å²) >= 11 is 0. The number of benzene rings is 1. The minimum absolute atomic E-state index is 0.133. The van der Waals surface area contributed by atoms with Crippen LogP contribution in [-0.4, -0.2) is 46.6 Å². The van der Waals surface area contributed by atoms with Gasteiger partial charge in [0.15, 0.2) is 0 Å². The quantitative estimate of drug-likeness (QED) is 0.948. The van der Waals surface area contributed by atoms with Crippen LogP contribution in [0.2, 0.25) is 0 Å². The fourth-order valence-electron chi connectivity index (χ4n) is 3.72. The molecule has 2 fully saturated rings. The van der Waals surface area contributed by atoms with E-state index in [9.17, 15) is 4.79 Å². The predicted octanol–water partition coefficient (Wildman–Crippen LogP) is 2.84. The van der Waals surface area contributed by atoms with Crippen molar-refractivity contribution in [3.05, 3.63) is 30.1 Å². The molecule has 1 aromatic carbocycles. The summed E-state index contributed by atoms with van der Waals surface area (Å²) in [4.78, 5) is 22.7. The van der Waals surface area contributed by atoms with Crippen molar-refractivity contribution in [3.63, 3.8) is 0 Å². The maximum Gasteiger partial charge on any atom is 0.225 e. The third-order valence-electron chi connectivity index (χ3n) is 4.99. The maximum absolute atomic E-state index is 12.5. The first-order valence-corrected chi connectivity index (χ1v) is 8.63. The topological polar surface area (TPSA) is 58.2 Å². The molecule has 2 aromatic rings. The van der Waals surface area contributed by atoms with Gasteiger partial charge in [-0.3, -0.25) is 4.79 Å². The summed E-state index contributed by atoms with van der Waals surface area (Å²) in [5.41, 5.74) is 2.08. The second-order valence-electron chi connectivity index (χ2n) is 6.66. The number of likely N-dealkylation sites (tertiary alicyclic amines) is 1. The molecule has 0 spiro atoms. The van der Waals surface area contributed by atoms with Gasteiger partial charge < -0.3 is 14.6 Å². The van der Waals surface area contributed by atoms with Crippen LogP contribution in [0.5, 0.6) is 0 Å². The number of H-pyrrole nitrogens is 1. The lowest BCUT2D eigenvalue weighted by Crippen LogP contribution is -2.40. The van der Waals surface area contributed by atoms with Crippen molar-refractivity contribution in [2.75, 3.05) is 19.7 Å². The van der Waals surface area contributed by atoms with E-state index in [-0.39, 0.29) is 12.0 Å². The number of amides is 1. The van der Waals surface area contributed by atoms with E-state index in [0.717, 1.165) is 62.2 Å². The third kappa shape index (κ3) is 3.11. The molecule has 0 aliphatic carbocycles. The maximum atomic E-state index is 12.5. The molecule has 2 saturated heterocycles. The van der Waals surface area contributed by atoms with Crippen LogP contribution in [0, 0.1) is 0 Å². The minimum atomic E-state index is 0.133. The minimum Gasteiger partial charge on any atom is -0.378 e. The molecule has 0 bridgehead atoms. The first-order valence-electron chi connectivity index (χ1n) is 8.63.